The Bertz CT molecular complexity index is 653. The molecule has 0 spiro atoms. The van der Waals surface area contributed by atoms with Gasteiger partial charge in [-0.05, 0) is 41.1 Å². The van der Waals surface area contributed by atoms with Crippen LogP contribution in [0.2, 0.25) is 0 Å². The van der Waals surface area contributed by atoms with Gasteiger partial charge in [0.05, 0.1) is 11.6 Å². The van der Waals surface area contributed by atoms with Crippen molar-refractivity contribution in [3.8, 4) is 5.69 Å². The molecule has 0 saturated carbocycles. The first-order valence-corrected chi connectivity index (χ1v) is 6.50. The number of carboxylic acid groups (broad SMARTS) is 1. The summed E-state index contributed by atoms with van der Waals surface area (Å²) >= 11 is 0. The number of carbonyl (C=O) groups is 2. The van der Waals surface area contributed by atoms with Gasteiger partial charge in [-0.25, -0.2) is 4.68 Å². The molecule has 1 aromatic heterocycles. The lowest BCUT2D eigenvalue weighted by atomic mass is 10.1. The predicted octanol–water partition coefficient (Wildman–Crippen LogP) is 0.209. The van der Waals surface area contributed by atoms with E-state index in [2.05, 4.69) is 15.5 Å². The number of aromatic nitrogens is 4. The fraction of sp³-hybridized carbons (Fsp3) is 0.308. The van der Waals surface area contributed by atoms with Crippen molar-refractivity contribution >= 4 is 11.9 Å². The second-order valence-electron chi connectivity index (χ2n) is 4.88. The highest BCUT2D eigenvalue weighted by molar-refractivity contribution is 5.95. The third-order valence-corrected chi connectivity index (χ3v) is 3.55. The van der Waals surface area contributed by atoms with E-state index < -0.39 is 11.9 Å². The molecule has 8 heteroatoms. The number of hydrogen-bond donors (Lipinski definition) is 1. The van der Waals surface area contributed by atoms with Crippen molar-refractivity contribution in [3.63, 3.8) is 0 Å². The molecule has 1 aliphatic rings. The minimum atomic E-state index is -0.848. The predicted molar refractivity (Wildman–Crippen MR) is 70.8 cm³/mol. The Morgan fingerprint density at radius 2 is 2.00 bits per heavy atom. The minimum absolute atomic E-state index is 0.151. The largest absolute Gasteiger partial charge is 0.481 e. The smallest absolute Gasteiger partial charge is 0.308 e. The summed E-state index contributed by atoms with van der Waals surface area (Å²) in [5, 5.41) is 19.8. The zero-order chi connectivity index (χ0) is 14.8. The quantitative estimate of drug-likeness (QED) is 0.866. The third-order valence-electron chi connectivity index (χ3n) is 3.55. The molecule has 1 saturated heterocycles. The van der Waals surface area contributed by atoms with E-state index in [9.17, 15) is 9.59 Å². The van der Waals surface area contributed by atoms with Crippen LogP contribution in [-0.2, 0) is 4.79 Å². The number of benzene rings is 1. The Morgan fingerprint density at radius 1 is 1.24 bits per heavy atom. The van der Waals surface area contributed by atoms with E-state index in [4.69, 9.17) is 5.11 Å². The van der Waals surface area contributed by atoms with Crippen LogP contribution in [0.4, 0.5) is 0 Å². The molecule has 2 heterocycles. The van der Waals surface area contributed by atoms with Crippen LogP contribution in [0.5, 0.6) is 0 Å². The van der Waals surface area contributed by atoms with E-state index in [0.29, 0.717) is 18.5 Å². The number of nitrogens with zero attached hydrogens (tertiary/aromatic N) is 5. The average molecular weight is 287 g/mol. The summed E-state index contributed by atoms with van der Waals surface area (Å²) < 4.78 is 1.49. The summed E-state index contributed by atoms with van der Waals surface area (Å²) in [4.78, 5) is 24.8. The molecule has 0 unspecified atom stereocenters. The van der Waals surface area contributed by atoms with Crippen molar-refractivity contribution in [1.82, 2.24) is 25.1 Å². The van der Waals surface area contributed by atoms with Crippen molar-refractivity contribution in [2.75, 3.05) is 13.1 Å². The van der Waals surface area contributed by atoms with Crippen LogP contribution in [-0.4, -0.2) is 55.2 Å². The maximum Gasteiger partial charge on any atom is 0.308 e. The third kappa shape index (κ3) is 2.60. The first-order chi connectivity index (χ1) is 10.1. The lowest BCUT2D eigenvalue weighted by molar-refractivity contribution is -0.141. The van der Waals surface area contributed by atoms with Crippen molar-refractivity contribution < 1.29 is 14.7 Å². The van der Waals surface area contributed by atoms with Gasteiger partial charge in [0.15, 0.2) is 0 Å². The molecule has 3 rings (SSSR count). The van der Waals surface area contributed by atoms with Gasteiger partial charge in [-0.1, -0.05) is 0 Å². The monoisotopic (exact) mass is 287 g/mol. The summed E-state index contributed by atoms with van der Waals surface area (Å²) in [5.41, 5.74) is 1.28. The number of amides is 1. The van der Waals surface area contributed by atoms with Crippen LogP contribution < -0.4 is 0 Å². The molecular formula is C13H13N5O3. The van der Waals surface area contributed by atoms with Crippen LogP contribution >= 0.6 is 0 Å². The maximum absolute atomic E-state index is 12.3. The average Bonchev–Trinajstić information content (AvgIpc) is 3.18. The van der Waals surface area contributed by atoms with Gasteiger partial charge in [0.1, 0.15) is 6.33 Å². The second-order valence-corrected chi connectivity index (χ2v) is 4.88. The van der Waals surface area contributed by atoms with Crippen molar-refractivity contribution in [3.05, 3.63) is 36.2 Å². The van der Waals surface area contributed by atoms with Gasteiger partial charge in [0, 0.05) is 18.7 Å². The molecular weight excluding hydrogens is 274 g/mol. The van der Waals surface area contributed by atoms with Crippen LogP contribution in [0.3, 0.4) is 0 Å². The summed E-state index contributed by atoms with van der Waals surface area (Å²) in [6.45, 7) is 0.744. The topological polar surface area (TPSA) is 101 Å². The highest BCUT2D eigenvalue weighted by Gasteiger charge is 2.31. The molecule has 1 amide bonds. The molecule has 0 bridgehead atoms. The first-order valence-electron chi connectivity index (χ1n) is 6.50. The molecule has 8 nitrogen and oxygen atoms in total. The molecule has 0 aliphatic carbocycles. The van der Waals surface area contributed by atoms with Gasteiger partial charge in [0.2, 0.25) is 0 Å². The van der Waals surface area contributed by atoms with Gasteiger partial charge >= 0.3 is 5.97 Å². The van der Waals surface area contributed by atoms with Gasteiger partial charge in [-0.15, -0.1) is 5.10 Å². The number of rotatable bonds is 3. The van der Waals surface area contributed by atoms with E-state index in [1.54, 1.807) is 29.2 Å². The normalized spacial score (nSPS) is 17.9. The van der Waals surface area contributed by atoms with E-state index in [-0.39, 0.29) is 12.5 Å². The molecule has 1 N–H and O–H groups in total. The fourth-order valence-electron chi connectivity index (χ4n) is 2.37. The number of hydrogen-bond acceptors (Lipinski definition) is 5. The zero-order valence-electron chi connectivity index (χ0n) is 11.1. The molecule has 1 fully saturated rings. The number of carbonyl (C=O) groups excluding carboxylic acids is 1. The Morgan fingerprint density at radius 3 is 2.57 bits per heavy atom. The molecule has 21 heavy (non-hydrogen) atoms. The van der Waals surface area contributed by atoms with E-state index in [1.165, 1.54) is 11.0 Å². The fourth-order valence-corrected chi connectivity index (χ4v) is 2.37. The molecule has 0 radical (unpaired) electrons. The van der Waals surface area contributed by atoms with Gasteiger partial charge in [-0.3, -0.25) is 9.59 Å². The Kier molecular flexibility index (Phi) is 3.35. The van der Waals surface area contributed by atoms with E-state index in [1.807, 2.05) is 0 Å². The minimum Gasteiger partial charge on any atom is -0.481 e. The van der Waals surface area contributed by atoms with E-state index in [0.717, 1.165) is 5.69 Å². The first kappa shape index (κ1) is 13.2. The van der Waals surface area contributed by atoms with Gasteiger partial charge in [0.25, 0.3) is 5.91 Å². The number of tetrazole rings is 1. The lowest BCUT2D eigenvalue weighted by Gasteiger charge is -2.15. The van der Waals surface area contributed by atoms with Crippen molar-refractivity contribution in [2.45, 2.75) is 6.42 Å². The van der Waals surface area contributed by atoms with Crippen LogP contribution in [0.25, 0.3) is 5.69 Å². The van der Waals surface area contributed by atoms with Crippen LogP contribution in [0.1, 0.15) is 16.8 Å². The molecule has 1 atom stereocenters. The van der Waals surface area contributed by atoms with E-state index >= 15 is 0 Å². The molecule has 1 aliphatic heterocycles. The highest BCUT2D eigenvalue weighted by Crippen LogP contribution is 2.19. The molecule has 108 valence electrons. The van der Waals surface area contributed by atoms with Gasteiger partial charge < -0.3 is 10.0 Å². The standard InChI is InChI=1S/C13H13N5O3/c19-12(17-6-5-10(7-17)13(20)21)9-1-3-11(4-2-9)18-8-14-15-16-18/h1-4,8,10H,5-7H2,(H,20,21)/t10-/m1/s1. The summed E-state index contributed by atoms with van der Waals surface area (Å²) in [6, 6.07) is 6.86. The number of aliphatic carboxylic acids is 1. The SMILES string of the molecule is O=C(O)[C@@H]1CCN(C(=O)c2ccc(-n3cnnn3)cc2)C1. The molecule has 2 aromatic rings. The highest BCUT2D eigenvalue weighted by atomic mass is 16.4. The van der Waals surface area contributed by atoms with Gasteiger partial charge in [-0.2, -0.15) is 0 Å². The number of likely N-dealkylation sites (tertiary alicyclic amines) is 1. The Labute approximate surface area is 120 Å². The van der Waals surface area contributed by atoms with Crippen LogP contribution in [0.15, 0.2) is 30.6 Å². The van der Waals surface area contributed by atoms with Crippen LogP contribution in [0, 0.1) is 5.92 Å². The second kappa shape index (κ2) is 5.31. The molecule has 1 aromatic carbocycles. The summed E-state index contributed by atoms with van der Waals surface area (Å²) in [5.74, 6) is -1.46. The summed E-state index contributed by atoms with van der Waals surface area (Å²) in [6.07, 6.45) is 1.97. The van der Waals surface area contributed by atoms with Crippen molar-refractivity contribution in [2.24, 2.45) is 5.92 Å². The summed E-state index contributed by atoms with van der Waals surface area (Å²) in [7, 11) is 0. The zero-order valence-corrected chi connectivity index (χ0v) is 11.1. The Hall–Kier alpha value is -2.77. The maximum atomic E-state index is 12.3. The number of carboxylic acids is 1. The lowest BCUT2D eigenvalue weighted by Crippen LogP contribution is -2.29. The Balaban J connectivity index is 1.72. The van der Waals surface area contributed by atoms with Crippen molar-refractivity contribution in [1.29, 1.82) is 0 Å².